The normalized spacial score (nSPS) is 26.2. The van der Waals surface area contributed by atoms with Crippen molar-refractivity contribution in [3.05, 3.63) is 0 Å². The van der Waals surface area contributed by atoms with Gasteiger partial charge in [-0.1, -0.05) is 187 Å². The molecule has 9 saturated carbocycles. The molecule has 36 heteroatoms. The van der Waals surface area contributed by atoms with Crippen LogP contribution in [0.25, 0.3) is 0 Å². The van der Waals surface area contributed by atoms with E-state index in [1.807, 2.05) is 34.6 Å². The lowest BCUT2D eigenvalue weighted by Gasteiger charge is -2.38. The fourth-order valence-electron chi connectivity index (χ4n) is 22.1. The number of likely N-dealkylation sites (tertiary alicyclic amines) is 3. The summed E-state index contributed by atoms with van der Waals surface area (Å²) in [7, 11) is 0. The molecule has 3 aliphatic heterocycles. The van der Waals surface area contributed by atoms with Crippen LogP contribution in [0.3, 0.4) is 0 Å². The fourth-order valence-corrected chi connectivity index (χ4v) is 22.1. The van der Waals surface area contributed by atoms with Crippen molar-refractivity contribution >= 4 is 107 Å². The largest absolute Gasteiger partial charge is 0.461 e. The molecule has 9 aliphatic carbocycles. The Morgan fingerprint density at radius 3 is 0.919 bits per heavy atom. The van der Waals surface area contributed by atoms with Crippen LogP contribution in [0.5, 0.6) is 0 Å². The number of carbonyl (C=O) groups is 18. The zero-order valence-corrected chi connectivity index (χ0v) is 84.0. The summed E-state index contributed by atoms with van der Waals surface area (Å²) in [4.78, 5) is 242. The third kappa shape index (κ3) is 27.1. The molecule has 0 aromatic carbocycles. The van der Waals surface area contributed by atoms with Crippen LogP contribution in [0, 0.1) is 104 Å². The number of esters is 3. The topological polar surface area (TPSA) is 531 Å². The van der Waals surface area contributed by atoms with E-state index < -0.39 is 189 Å². The number of Topliss-reactive ketones (excluding diaryl/α,β-unsaturated/α-hetero) is 3. The van der Waals surface area contributed by atoms with Crippen LogP contribution in [-0.4, -0.2) is 231 Å². The first-order chi connectivity index (χ1) is 62.6. The highest BCUT2D eigenvalue weighted by Crippen LogP contribution is 2.67. The minimum atomic E-state index is -1.11. The van der Waals surface area contributed by atoms with Gasteiger partial charge in [-0.05, 0) is 217 Å². The molecule has 0 bridgehead atoms. The lowest BCUT2D eigenvalue weighted by Crippen LogP contribution is -2.62. The first-order valence-corrected chi connectivity index (χ1v) is 49.8. The second kappa shape index (κ2) is 42.4. The first kappa shape index (κ1) is 107. The highest BCUT2D eigenvalue weighted by Gasteiger charge is 2.73. The molecule has 3 heterocycles. The van der Waals surface area contributed by atoms with E-state index in [2.05, 4.69) is 75.5 Å². The molecule has 12 aliphatic rings. The molecule has 15 N–H and O–H groups in total. The maximum Gasteiger partial charge on any atom is 0.329 e. The van der Waals surface area contributed by atoms with Gasteiger partial charge in [-0.2, -0.15) is 0 Å². The number of piperidine rings is 3. The van der Waals surface area contributed by atoms with Crippen molar-refractivity contribution in [1.29, 1.82) is 0 Å². The van der Waals surface area contributed by atoms with Crippen molar-refractivity contribution in [1.82, 2.24) is 62.6 Å². The van der Waals surface area contributed by atoms with E-state index in [-0.39, 0.29) is 111 Å². The number of ketones is 3. The number of fused-ring (bicyclic) bond motifs is 3. The summed E-state index contributed by atoms with van der Waals surface area (Å²) in [5, 5.41) is 25.3. The van der Waals surface area contributed by atoms with Gasteiger partial charge in [0.25, 0.3) is 17.7 Å². The molecule has 135 heavy (non-hydrogen) atoms. The van der Waals surface area contributed by atoms with E-state index in [4.69, 9.17) is 31.4 Å². The second-order valence-electron chi connectivity index (χ2n) is 47.6. The Morgan fingerprint density at radius 1 is 0.341 bits per heavy atom. The van der Waals surface area contributed by atoms with Crippen molar-refractivity contribution in [2.24, 2.45) is 121 Å². The number of nitrogens with zero attached hydrogens (tertiary/aromatic N) is 3. The van der Waals surface area contributed by atoms with Gasteiger partial charge in [0.05, 0.1) is 24.2 Å². The monoisotopic (exact) mass is 1890 g/mol. The highest BCUT2D eigenvalue weighted by molar-refractivity contribution is 6.39. The summed E-state index contributed by atoms with van der Waals surface area (Å²) in [6.45, 7) is 41.9. The van der Waals surface area contributed by atoms with Gasteiger partial charge >= 0.3 is 36.0 Å². The number of nitrogens with two attached hydrogens (primary N) is 3. The van der Waals surface area contributed by atoms with E-state index in [0.29, 0.717) is 38.9 Å². The molecule has 3 saturated heterocycles. The van der Waals surface area contributed by atoms with E-state index in [1.165, 1.54) is 4.90 Å². The Balaban J connectivity index is 0.000000210. The van der Waals surface area contributed by atoms with E-state index in [9.17, 15) is 86.3 Å². The smallest absolute Gasteiger partial charge is 0.329 e. The number of rotatable bonds is 35. The average molecular weight is 1900 g/mol. The Labute approximate surface area is 796 Å². The molecule has 12 fully saturated rings. The van der Waals surface area contributed by atoms with Crippen molar-refractivity contribution in [3.63, 3.8) is 0 Å². The molecule has 36 nitrogen and oxygen atoms in total. The molecule has 3 unspecified atom stereocenters. The Morgan fingerprint density at radius 2 is 0.622 bits per heavy atom. The second-order valence-corrected chi connectivity index (χ2v) is 47.6. The minimum Gasteiger partial charge on any atom is -0.461 e. The van der Waals surface area contributed by atoms with E-state index in [1.54, 1.807) is 99.8 Å². The standard InChI is InChI=1S/C35H55N5O7.C34H55N5O7.C30H49N5O7/c1-34(2,3)47-32(45)26(21-13-9-10-14-21)39-33(46)38-25(20-11-7-6-8-12-20)31(44)40-18-22-24(35(22,4)5)27(40)30(43)37-23(17-19-15-16-19)28(41)29(36)42;1-32(2,3)26(30(44)46-33(4,5)6)38-31(45)37-23(19-12-10-9-11-13-19)29(43)39-17-20-22(34(20,7)8)24(39)28(42)36-21(16-18-14-15-18)25(40)27(35)41;1-14(2)20(27(40)42-15(3)4)33-28(41)34-23(29(5,6)7)26(39)35-13-17-19(30(17,8)9)21(35)25(38)32-18(12-16-10-11-16)22(36)24(31)37/h19-27H,6-18H2,1-5H3,(H2,36,42)(H,37,43)(H2,38,39,46);18-24,26H,9-17H2,1-8H3,(H2,35,41)(H,36,42)(H2,37,38,45);14-21,23H,10-13H2,1-9H3,(H2,31,37)(H,32,38)(H2,33,34,41)/t22-,23?,24-,25-,26-,27-;20-,21?,22-,23-,24-,26-;17-,18?,19-,20-,21-,23+/m000/s1. The van der Waals surface area contributed by atoms with Crippen molar-refractivity contribution in [3.8, 4) is 0 Å². The zero-order valence-electron chi connectivity index (χ0n) is 84.0. The molecule has 15 amide bonds. The molecular formula is C99H159N15O21. The molecular weight excluding hydrogens is 1740 g/mol. The van der Waals surface area contributed by atoms with Crippen LogP contribution < -0.4 is 65.1 Å². The van der Waals surface area contributed by atoms with Gasteiger partial charge in [0.1, 0.15) is 65.6 Å². The predicted molar refractivity (Wildman–Crippen MR) is 499 cm³/mol. The number of urea groups is 3. The van der Waals surface area contributed by atoms with Crippen LogP contribution in [0.15, 0.2) is 0 Å². The molecule has 0 radical (unpaired) electrons. The van der Waals surface area contributed by atoms with Gasteiger partial charge in [0.15, 0.2) is 0 Å². The lowest BCUT2D eigenvalue weighted by molar-refractivity contribution is -0.160. The van der Waals surface area contributed by atoms with Gasteiger partial charge in [0, 0.05) is 19.6 Å². The first-order valence-electron chi connectivity index (χ1n) is 49.8. The number of hydrogen-bond acceptors (Lipinski definition) is 21. The number of ether oxygens (including phenoxy) is 3. The minimum absolute atomic E-state index is 0.0490. The van der Waals surface area contributed by atoms with Gasteiger partial charge < -0.3 is 94.0 Å². The molecule has 12 rings (SSSR count). The number of hydrogen-bond donors (Lipinski definition) is 12. The Kier molecular flexibility index (Phi) is 33.8. The Bertz CT molecular complexity index is 4450. The van der Waals surface area contributed by atoms with Crippen LogP contribution in [-0.2, 0) is 86.1 Å². The van der Waals surface area contributed by atoms with E-state index in [0.717, 1.165) is 128 Å². The number of amides is 15. The van der Waals surface area contributed by atoms with Crippen LogP contribution in [0.4, 0.5) is 14.4 Å². The predicted octanol–water partition coefficient (Wildman–Crippen LogP) is 7.27. The summed E-state index contributed by atoms with van der Waals surface area (Å²) in [5.74, 6) is -9.96. The Hall–Kier alpha value is -9.54. The summed E-state index contributed by atoms with van der Waals surface area (Å²) in [5.41, 5.74) is 12.5. The molecule has 18 atom stereocenters. The summed E-state index contributed by atoms with van der Waals surface area (Å²) < 4.78 is 16.6. The number of carbonyl (C=O) groups excluding carboxylic acids is 18. The maximum absolute atomic E-state index is 14.5. The molecule has 756 valence electrons. The fraction of sp³-hybridized carbons (Fsp3) is 0.818. The van der Waals surface area contributed by atoms with Gasteiger partial charge in [-0.3, -0.25) is 57.5 Å². The lowest BCUT2D eigenvalue weighted by atomic mass is 9.83. The number of primary amides is 3. The van der Waals surface area contributed by atoms with Crippen LogP contribution in [0.2, 0.25) is 0 Å². The third-order valence-electron chi connectivity index (χ3n) is 30.6. The molecule has 0 aromatic rings. The highest BCUT2D eigenvalue weighted by atomic mass is 16.6. The summed E-state index contributed by atoms with van der Waals surface area (Å²) in [6, 6.07) is -13.2. The molecule has 0 spiro atoms. The number of nitrogens with one attached hydrogen (secondary N) is 9. The maximum atomic E-state index is 14.5. The summed E-state index contributed by atoms with van der Waals surface area (Å²) in [6.07, 6.45) is 18.5. The zero-order chi connectivity index (χ0) is 101. The van der Waals surface area contributed by atoms with Gasteiger partial charge in [0.2, 0.25) is 52.8 Å². The van der Waals surface area contributed by atoms with Crippen molar-refractivity contribution < 1.29 is 101 Å². The van der Waals surface area contributed by atoms with Gasteiger partial charge in [-0.25, -0.2) is 28.8 Å². The third-order valence-corrected chi connectivity index (χ3v) is 30.6. The van der Waals surface area contributed by atoms with E-state index >= 15 is 0 Å². The summed E-state index contributed by atoms with van der Waals surface area (Å²) >= 11 is 0. The van der Waals surface area contributed by atoms with Crippen molar-refractivity contribution in [2.45, 2.75) is 390 Å². The van der Waals surface area contributed by atoms with Gasteiger partial charge in [-0.15, -0.1) is 0 Å². The van der Waals surface area contributed by atoms with Crippen molar-refractivity contribution in [2.75, 3.05) is 19.6 Å². The molecule has 0 aromatic heterocycles. The van der Waals surface area contributed by atoms with Crippen LogP contribution >= 0.6 is 0 Å². The quantitative estimate of drug-likeness (QED) is 0.0168. The average Bonchev–Trinajstić information content (AvgIpc) is 1.53. The SMILES string of the molecule is CC(C)(C)OC(=O)[C@@H](NC(=O)N[C@H](C(=O)N1C[C@H]2[C@@H]([C@H]1C(=O)NC(CC1CC1)C(=O)C(N)=O)C2(C)C)C1CCCCC1)C1CCCC1.CC(C)(C)OC(=O)[C@H](NC(=O)N[C@H](C(=O)N1C[C@H]2[C@@H]([C@H]1C(=O)NC(CC1CC1)C(=O)C(N)=O)C2(C)C)C1CCCCC1)C(C)(C)C.CC(C)OC(=O)[C@@H](NC(=O)N[C@H](C(=O)N1C[C@H]2[C@@H]([C@H]1C(=O)NC(CC1CC1)C(=O)C(N)=O)C2(C)C)C(C)(C)C)C(C)C. The van der Waals surface area contributed by atoms with Crippen LogP contribution in [0.1, 0.15) is 300 Å².